The number of anilines is 1. The van der Waals surface area contributed by atoms with Crippen LogP contribution in [0.25, 0.3) is 11.1 Å². The summed E-state index contributed by atoms with van der Waals surface area (Å²) < 4.78 is 2.02. The van der Waals surface area contributed by atoms with Crippen molar-refractivity contribution in [1.29, 1.82) is 0 Å². The first-order valence-corrected chi connectivity index (χ1v) is 11.5. The molecule has 3 N–H and O–H groups in total. The fraction of sp³-hybridized carbons (Fsp3) is 0.565. The van der Waals surface area contributed by atoms with Gasteiger partial charge in [0, 0.05) is 41.5 Å². The van der Waals surface area contributed by atoms with Crippen molar-refractivity contribution in [3.63, 3.8) is 0 Å². The Bertz CT molecular complexity index is 1030. The molecule has 0 saturated heterocycles. The summed E-state index contributed by atoms with van der Waals surface area (Å²) in [4.78, 5) is 29.0. The summed E-state index contributed by atoms with van der Waals surface area (Å²) in [6.07, 6.45) is 6.16. The van der Waals surface area contributed by atoms with Gasteiger partial charge in [-0.2, -0.15) is 5.10 Å². The van der Waals surface area contributed by atoms with Crippen LogP contribution in [0.2, 0.25) is 5.02 Å². The Hall–Kier alpha value is -2.45. The third-order valence-electron chi connectivity index (χ3n) is 6.34. The van der Waals surface area contributed by atoms with Crippen LogP contribution >= 0.6 is 11.6 Å². The van der Waals surface area contributed by atoms with Crippen LogP contribution in [-0.2, 0) is 22.6 Å². The van der Waals surface area contributed by atoms with Gasteiger partial charge in [-0.05, 0) is 44.1 Å². The SMILES string of the molecule is CC(O)C(=O)N[C@@H]1CCC[C@H](C(=O)Nc2cc(-c3cnn4c3CC(C)(C)C4)c(Cl)cn2)C1. The van der Waals surface area contributed by atoms with Crippen molar-refractivity contribution in [2.45, 2.75) is 71.6 Å². The fourth-order valence-electron chi connectivity index (χ4n) is 4.70. The van der Waals surface area contributed by atoms with E-state index >= 15 is 0 Å². The molecule has 1 aliphatic carbocycles. The maximum Gasteiger partial charge on any atom is 0.248 e. The molecule has 8 nitrogen and oxygen atoms in total. The van der Waals surface area contributed by atoms with E-state index in [1.54, 1.807) is 12.3 Å². The molecule has 3 atom stereocenters. The van der Waals surface area contributed by atoms with E-state index < -0.39 is 12.0 Å². The van der Waals surface area contributed by atoms with E-state index in [-0.39, 0.29) is 23.3 Å². The second-order valence-electron chi connectivity index (χ2n) is 9.79. The van der Waals surface area contributed by atoms with Crippen LogP contribution in [0.4, 0.5) is 5.82 Å². The number of carbonyl (C=O) groups is 2. The predicted molar refractivity (Wildman–Crippen MR) is 122 cm³/mol. The molecule has 0 aromatic carbocycles. The fourth-order valence-corrected chi connectivity index (χ4v) is 4.90. The number of aromatic nitrogens is 3. The molecule has 2 aromatic rings. The van der Waals surface area contributed by atoms with Gasteiger partial charge in [0.2, 0.25) is 11.8 Å². The Labute approximate surface area is 192 Å². The number of hydrogen-bond acceptors (Lipinski definition) is 5. The minimum atomic E-state index is -1.06. The quantitative estimate of drug-likeness (QED) is 0.636. The normalized spacial score (nSPS) is 22.8. The number of fused-ring (bicyclic) bond motifs is 1. The number of rotatable bonds is 5. The molecule has 1 aliphatic heterocycles. The maximum absolute atomic E-state index is 12.9. The monoisotopic (exact) mass is 459 g/mol. The molecule has 9 heteroatoms. The standard InChI is InChI=1S/C23H30ClN5O3/c1-13(30)21(31)27-15-6-4-5-14(7-15)22(32)28-20-8-16(18(24)11-25-20)17-10-26-29-12-23(2,3)9-19(17)29/h8,10-11,13-15,30H,4-7,9,12H2,1-3H3,(H,27,31)(H,25,28,32)/t13?,14-,15+/m0/s1. The van der Waals surface area contributed by atoms with Gasteiger partial charge in [0.05, 0.1) is 11.2 Å². The number of nitrogens with zero attached hydrogens (tertiary/aromatic N) is 3. The van der Waals surface area contributed by atoms with E-state index in [0.29, 0.717) is 17.3 Å². The van der Waals surface area contributed by atoms with Crippen molar-refractivity contribution >= 4 is 29.2 Å². The average Bonchev–Trinajstić information content (AvgIpc) is 3.24. The summed E-state index contributed by atoms with van der Waals surface area (Å²) in [5.41, 5.74) is 3.07. The summed E-state index contributed by atoms with van der Waals surface area (Å²) in [7, 11) is 0. The third-order valence-corrected chi connectivity index (χ3v) is 6.64. The number of aliphatic hydroxyl groups is 1. The largest absolute Gasteiger partial charge is 0.384 e. The Kier molecular flexibility index (Phi) is 6.27. The highest BCUT2D eigenvalue weighted by Crippen LogP contribution is 2.39. The number of aliphatic hydroxyl groups excluding tert-OH is 1. The zero-order valence-corrected chi connectivity index (χ0v) is 19.4. The number of pyridine rings is 1. The molecule has 0 spiro atoms. The Balaban J connectivity index is 1.47. The van der Waals surface area contributed by atoms with Gasteiger partial charge in [-0.25, -0.2) is 4.98 Å². The van der Waals surface area contributed by atoms with Gasteiger partial charge < -0.3 is 15.7 Å². The summed E-state index contributed by atoms with van der Waals surface area (Å²) in [5, 5.41) is 20.2. The predicted octanol–water partition coefficient (Wildman–Crippen LogP) is 3.18. The second-order valence-corrected chi connectivity index (χ2v) is 10.2. The lowest BCUT2D eigenvalue weighted by Crippen LogP contribution is -2.44. The zero-order valence-electron chi connectivity index (χ0n) is 18.7. The van der Waals surface area contributed by atoms with Crippen LogP contribution < -0.4 is 10.6 Å². The zero-order chi connectivity index (χ0) is 23.0. The summed E-state index contributed by atoms with van der Waals surface area (Å²) in [6, 6.07) is 1.69. The first-order chi connectivity index (χ1) is 15.1. The maximum atomic E-state index is 12.9. The summed E-state index contributed by atoms with van der Waals surface area (Å²) in [6.45, 7) is 6.73. The average molecular weight is 460 g/mol. The van der Waals surface area contributed by atoms with Crippen LogP contribution in [0.5, 0.6) is 0 Å². The lowest BCUT2D eigenvalue weighted by atomic mass is 9.85. The van der Waals surface area contributed by atoms with Gasteiger partial charge in [-0.1, -0.05) is 31.9 Å². The molecule has 1 saturated carbocycles. The summed E-state index contributed by atoms with van der Waals surface area (Å²) in [5.74, 6) is -0.313. The molecule has 2 aliphatic rings. The molecule has 1 unspecified atom stereocenters. The summed E-state index contributed by atoms with van der Waals surface area (Å²) >= 11 is 6.47. The van der Waals surface area contributed by atoms with Crippen molar-refractivity contribution < 1.29 is 14.7 Å². The highest BCUT2D eigenvalue weighted by Gasteiger charge is 2.32. The Morgan fingerprint density at radius 1 is 1.28 bits per heavy atom. The number of nitrogens with one attached hydrogen (secondary N) is 2. The van der Waals surface area contributed by atoms with Crippen LogP contribution in [-0.4, -0.2) is 43.8 Å². The number of halogens is 1. The van der Waals surface area contributed by atoms with E-state index in [1.165, 1.54) is 6.92 Å². The molecule has 0 radical (unpaired) electrons. The molecule has 2 aromatic heterocycles. The van der Waals surface area contributed by atoms with Crippen molar-refractivity contribution in [3.8, 4) is 11.1 Å². The smallest absolute Gasteiger partial charge is 0.248 e. The minimum Gasteiger partial charge on any atom is -0.384 e. The molecule has 0 bridgehead atoms. The number of carbonyl (C=O) groups excluding carboxylic acids is 2. The van der Waals surface area contributed by atoms with Crippen LogP contribution in [0.15, 0.2) is 18.5 Å². The van der Waals surface area contributed by atoms with Crippen molar-refractivity contribution in [2.24, 2.45) is 11.3 Å². The molecular weight excluding hydrogens is 430 g/mol. The van der Waals surface area contributed by atoms with Crippen LogP contribution in [0.1, 0.15) is 52.1 Å². The molecule has 3 heterocycles. The van der Waals surface area contributed by atoms with E-state index in [4.69, 9.17) is 11.6 Å². The number of hydrogen-bond donors (Lipinski definition) is 3. The van der Waals surface area contributed by atoms with E-state index in [2.05, 4.69) is 34.6 Å². The second kappa shape index (κ2) is 8.83. The molecule has 1 fully saturated rings. The van der Waals surface area contributed by atoms with Crippen LogP contribution in [0.3, 0.4) is 0 Å². The van der Waals surface area contributed by atoms with Gasteiger partial charge in [-0.3, -0.25) is 14.3 Å². The molecule has 172 valence electrons. The van der Waals surface area contributed by atoms with E-state index in [0.717, 1.165) is 49.0 Å². The van der Waals surface area contributed by atoms with E-state index in [9.17, 15) is 14.7 Å². The lowest BCUT2D eigenvalue weighted by Gasteiger charge is -2.29. The van der Waals surface area contributed by atoms with Crippen molar-refractivity contribution in [2.75, 3.05) is 5.32 Å². The highest BCUT2D eigenvalue weighted by atomic mass is 35.5. The molecular formula is C23H30ClN5O3. The van der Waals surface area contributed by atoms with E-state index in [1.807, 2.05) is 10.9 Å². The first-order valence-electron chi connectivity index (χ1n) is 11.1. The van der Waals surface area contributed by atoms with Gasteiger partial charge in [0.1, 0.15) is 11.9 Å². The molecule has 4 rings (SSSR count). The molecule has 32 heavy (non-hydrogen) atoms. The highest BCUT2D eigenvalue weighted by molar-refractivity contribution is 6.33. The van der Waals surface area contributed by atoms with Crippen molar-refractivity contribution in [1.82, 2.24) is 20.1 Å². The van der Waals surface area contributed by atoms with Crippen LogP contribution in [0, 0.1) is 11.3 Å². The van der Waals surface area contributed by atoms with Gasteiger partial charge in [-0.15, -0.1) is 0 Å². The topological polar surface area (TPSA) is 109 Å². The Morgan fingerprint density at radius 3 is 2.81 bits per heavy atom. The number of amides is 2. The van der Waals surface area contributed by atoms with Gasteiger partial charge >= 0.3 is 0 Å². The van der Waals surface area contributed by atoms with Gasteiger partial charge in [0.25, 0.3) is 0 Å². The first kappa shape index (κ1) is 22.7. The van der Waals surface area contributed by atoms with Crippen molar-refractivity contribution in [3.05, 3.63) is 29.2 Å². The lowest BCUT2D eigenvalue weighted by molar-refractivity contribution is -0.130. The third kappa shape index (κ3) is 4.81. The Morgan fingerprint density at radius 2 is 2.06 bits per heavy atom. The minimum absolute atomic E-state index is 0.117. The molecule has 2 amide bonds. The van der Waals surface area contributed by atoms with Gasteiger partial charge in [0.15, 0.2) is 0 Å².